The lowest BCUT2D eigenvalue weighted by Gasteiger charge is -2.10. The topological polar surface area (TPSA) is 72.0 Å². The third-order valence-corrected chi connectivity index (χ3v) is 2.88. The second-order valence-corrected chi connectivity index (χ2v) is 4.26. The molecule has 7 heteroatoms. The number of hydrogen-bond donors (Lipinski definition) is 2. The van der Waals surface area contributed by atoms with E-state index in [1.807, 2.05) is 0 Å². The summed E-state index contributed by atoms with van der Waals surface area (Å²) in [6.45, 7) is 1.93. The first kappa shape index (κ1) is 12.3. The molecule has 0 unspecified atom stereocenters. The molecule has 1 aromatic heterocycles. The van der Waals surface area contributed by atoms with Crippen LogP contribution < -0.4 is 15.4 Å². The number of halogens is 1. The minimum absolute atomic E-state index is 0.137. The summed E-state index contributed by atoms with van der Waals surface area (Å²) in [6.07, 6.45) is 3.55. The summed E-state index contributed by atoms with van der Waals surface area (Å²) in [5.74, 6) is 0.458. The van der Waals surface area contributed by atoms with Crippen LogP contribution in [0.25, 0.3) is 0 Å². The molecule has 0 aliphatic carbocycles. The van der Waals surface area contributed by atoms with Gasteiger partial charge in [-0.3, -0.25) is 0 Å². The fourth-order valence-electron chi connectivity index (χ4n) is 1.86. The van der Waals surface area contributed by atoms with Crippen molar-refractivity contribution in [3.8, 4) is 6.01 Å². The molecule has 2 heterocycles. The van der Waals surface area contributed by atoms with Gasteiger partial charge in [-0.2, -0.15) is 15.0 Å². The van der Waals surface area contributed by atoms with Crippen LogP contribution >= 0.6 is 11.6 Å². The number of hydrogen-bond acceptors (Lipinski definition) is 6. The van der Waals surface area contributed by atoms with Crippen molar-refractivity contribution in [1.82, 2.24) is 20.3 Å². The Morgan fingerprint density at radius 1 is 1.47 bits per heavy atom. The molecular formula is C10H16ClN5O. The Morgan fingerprint density at radius 2 is 2.35 bits per heavy atom. The van der Waals surface area contributed by atoms with Crippen LogP contribution in [0.1, 0.15) is 19.3 Å². The third kappa shape index (κ3) is 3.67. The highest BCUT2D eigenvalue weighted by Gasteiger charge is 2.13. The van der Waals surface area contributed by atoms with E-state index in [1.165, 1.54) is 20.0 Å². The van der Waals surface area contributed by atoms with Crippen LogP contribution in [-0.2, 0) is 0 Å². The van der Waals surface area contributed by atoms with Crippen LogP contribution in [0.15, 0.2) is 0 Å². The number of methoxy groups -OCH3 is 1. The maximum absolute atomic E-state index is 5.74. The van der Waals surface area contributed by atoms with Crippen molar-refractivity contribution in [2.24, 2.45) is 0 Å². The summed E-state index contributed by atoms with van der Waals surface area (Å²) in [4.78, 5) is 11.8. The van der Waals surface area contributed by atoms with Crippen molar-refractivity contribution in [3.05, 3.63) is 5.28 Å². The Morgan fingerprint density at radius 3 is 3.06 bits per heavy atom. The molecule has 2 rings (SSSR count). The molecule has 0 saturated carbocycles. The molecule has 1 aliphatic rings. The third-order valence-electron chi connectivity index (χ3n) is 2.71. The van der Waals surface area contributed by atoms with Crippen LogP contribution in [-0.4, -0.2) is 41.2 Å². The van der Waals surface area contributed by atoms with Gasteiger partial charge in [0.25, 0.3) is 0 Å². The zero-order valence-electron chi connectivity index (χ0n) is 9.74. The molecule has 0 radical (unpaired) electrons. The minimum atomic E-state index is 0.137. The van der Waals surface area contributed by atoms with E-state index in [-0.39, 0.29) is 11.3 Å². The lowest BCUT2D eigenvalue weighted by molar-refractivity contribution is 0.379. The van der Waals surface area contributed by atoms with Crippen molar-refractivity contribution >= 4 is 17.5 Å². The largest absolute Gasteiger partial charge is 0.467 e. The molecule has 17 heavy (non-hydrogen) atoms. The van der Waals surface area contributed by atoms with Crippen molar-refractivity contribution in [2.45, 2.75) is 25.3 Å². The van der Waals surface area contributed by atoms with E-state index in [2.05, 4.69) is 25.6 Å². The highest BCUT2D eigenvalue weighted by Crippen LogP contribution is 2.12. The number of aromatic nitrogens is 3. The Kier molecular flexibility index (Phi) is 4.33. The molecule has 1 aliphatic heterocycles. The lowest BCUT2D eigenvalue weighted by atomic mass is 10.2. The molecule has 0 spiro atoms. The van der Waals surface area contributed by atoms with E-state index in [0.29, 0.717) is 12.0 Å². The molecule has 0 bridgehead atoms. The number of nitrogens with one attached hydrogen (secondary N) is 2. The van der Waals surface area contributed by atoms with Gasteiger partial charge < -0.3 is 15.4 Å². The molecular weight excluding hydrogens is 242 g/mol. The second kappa shape index (κ2) is 5.97. The summed E-state index contributed by atoms with van der Waals surface area (Å²) in [5.41, 5.74) is 0. The second-order valence-electron chi connectivity index (χ2n) is 3.92. The summed E-state index contributed by atoms with van der Waals surface area (Å²) < 4.78 is 4.92. The number of nitrogens with zero attached hydrogens (tertiary/aromatic N) is 3. The molecule has 1 fully saturated rings. The van der Waals surface area contributed by atoms with Gasteiger partial charge in [-0.25, -0.2) is 0 Å². The number of ether oxygens (including phenoxy) is 1. The lowest BCUT2D eigenvalue weighted by Crippen LogP contribution is -2.24. The fraction of sp³-hybridized carbons (Fsp3) is 0.700. The smallest absolute Gasteiger partial charge is 0.322 e. The van der Waals surface area contributed by atoms with Gasteiger partial charge in [0.15, 0.2) is 0 Å². The number of anilines is 1. The van der Waals surface area contributed by atoms with E-state index >= 15 is 0 Å². The highest BCUT2D eigenvalue weighted by molar-refractivity contribution is 6.28. The first-order chi connectivity index (χ1) is 8.28. The molecule has 1 atom stereocenters. The predicted molar refractivity (Wildman–Crippen MR) is 65.5 cm³/mol. The van der Waals surface area contributed by atoms with E-state index < -0.39 is 0 Å². The van der Waals surface area contributed by atoms with Gasteiger partial charge in [-0.15, -0.1) is 0 Å². The zero-order valence-corrected chi connectivity index (χ0v) is 10.5. The van der Waals surface area contributed by atoms with Crippen LogP contribution in [0.4, 0.5) is 5.95 Å². The van der Waals surface area contributed by atoms with E-state index in [4.69, 9.17) is 16.3 Å². The van der Waals surface area contributed by atoms with Gasteiger partial charge in [0.1, 0.15) is 0 Å². The van der Waals surface area contributed by atoms with Crippen molar-refractivity contribution in [3.63, 3.8) is 0 Å². The molecule has 1 saturated heterocycles. The molecule has 6 nitrogen and oxygen atoms in total. The molecule has 2 N–H and O–H groups in total. The fourth-order valence-corrected chi connectivity index (χ4v) is 2.02. The Bertz CT molecular complexity index is 370. The average Bonchev–Trinajstić information content (AvgIpc) is 2.81. The minimum Gasteiger partial charge on any atom is -0.467 e. The monoisotopic (exact) mass is 257 g/mol. The Labute approximate surface area is 105 Å². The van der Waals surface area contributed by atoms with Gasteiger partial charge in [-0.1, -0.05) is 0 Å². The maximum Gasteiger partial charge on any atom is 0.322 e. The van der Waals surface area contributed by atoms with Crippen LogP contribution in [0, 0.1) is 0 Å². The first-order valence-corrected chi connectivity index (χ1v) is 6.08. The summed E-state index contributed by atoms with van der Waals surface area (Å²) in [7, 11) is 1.50. The van der Waals surface area contributed by atoms with Crippen LogP contribution in [0.3, 0.4) is 0 Å². The summed E-state index contributed by atoms with van der Waals surface area (Å²) in [6, 6.07) is 0.827. The first-order valence-electron chi connectivity index (χ1n) is 5.71. The summed E-state index contributed by atoms with van der Waals surface area (Å²) in [5, 5.41) is 6.69. The molecule has 94 valence electrons. The van der Waals surface area contributed by atoms with E-state index in [9.17, 15) is 0 Å². The summed E-state index contributed by atoms with van der Waals surface area (Å²) >= 11 is 5.74. The van der Waals surface area contributed by atoms with Crippen molar-refractivity contribution in [1.29, 1.82) is 0 Å². The van der Waals surface area contributed by atoms with Gasteiger partial charge in [0.05, 0.1) is 7.11 Å². The molecule has 0 aromatic carbocycles. The standard InChI is InChI=1S/C10H16ClN5O/c1-17-10-15-8(11)14-9(16-10)13-6-4-7-3-2-5-12-7/h7,12H,2-6H2,1H3,(H,13,14,15,16)/t7-/m0/s1. The van der Waals surface area contributed by atoms with E-state index in [1.54, 1.807) is 0 Å². The predicted octanol–water partition coefficient (Wildman–Crippen LogP) is 1.09. The van der Waals surface area contributed by atoms with Crippen molar-refractivity contribution in [2.75, 3.05) is 25.5 Å². The Hall–Kier alpha value is -1.14. The van der Waals surface area contributed by atoms with Crippen molar-refractivity contribution < 1.29 is 4.74 Å². The maximum atomic E-state index is 5.74. The molecule has 1 aromatic rings. The highest BCUT2D eigenvalue weighted by atomic mass is 35.5. The van der Waals surface area contributed by atoms with Gasteiger partial charge in [0, 0.05) is 12.6 Å². The number of rotatable bonds is 5. The Balaban J connectivity index is 1.83. The van der Waals surface area contributed by atoms with Crippen LogP contribution in [0.5, 0.6) is 6.01 Å². The molecule has 0 amide bonds. The normalized spacial score (nSPS) is 19.3. The van der Waals surface area contributed by atoms with E-state index in [0.717, 1.165) is 19.5 Å². The average molecular weight is 258 g/mol. The van der Waals surface area contributed by atoms with Gasteiger partial charge >= 0.3 is 6.01 Å². The zero-order chi connectivity index (χ0) is 12.1. The van der Waals surface area contributed by atoms with Gasteiger partial charge in [-0.05, 0) is 37.4 Å². The quantitative estimate of drug-likeness (QED) is 0.823. The van der Waals surface area contributed by atoms with Crippen LogP contribution in [0.2, 0.25) is 5.28 Å². The SMILES string of the molecule is COc1nc(Cl)nc(NCC[C@@H]2CCCN2)n1. The van der Waals surface area contributed by atoms with Gasteiger partial charge in [0.2, 0.25) is 11.2 Å².